The first-order valence-electron chi connectivity index (χ1n) is 16.1. The molecule has 3 aromatic carbocycles. The summed E-state index contributed by atoms with van der Waals surface area (Å²) >= 11 is 3.23. The van der Waals surface area contributed by atoms with Crippen LogP contribution >= 0.6 is 23.5 Å². The van der Waals surface area contributed by atoms with Gasteiger partial charge in [0.1, 0.15) is 5.57 Å². The molecule has 0 radical (unpaired) electrons. The van der Waals surface area contributed by atoms with Crippen LogP contribution in [0.4, 0.5) is 16.2 Å². The van der Waals surface area contributed by atoms with Crippen LogP contribution in [0.3, 0.4) is 0 Å². The Kier molecular flexibility index (Phi) is 9.12. The lowest BCUT2D eigenvalue weighted by molar-refractivity contribution is -0.136. The van der Waals surface area contributed by atoms with Crippen LogP contribution in [0.15, 0.2) is 91.7 Å². The molecule has 0 saturated carbocycles. The van der Waals surface area contributed by atoms with Gasteiger partial charge in [-0.05, 0) is 72.1 Å². The van der Waals surface area contributed by atoms with Gasteiger partial charge in [-0.25, -0.2) is 4.79 Å². The van der Waals surface area contributed by atoms with Gasteiger partial charge in [-0.2, -0.15) is 0 Å². The predicted octanol–water partition coefficient (Wildman–Crippen LogP) is 6.57. The number of thioether (sulfide) groups is 2. The number of urea groups is 1. The molecule has 3 aliphatic heterocycles. The third kappa shape index (κ3) is 5.62. The molecule has 9 nitrogen and oxygen atoms in total. The molecule has 1 fully saturated rings. The van der Waals surface area contributed by atoms with Gasteiger partial charge in [0.15, 0.2) is 0 Å². The number of rotatable bonds is 8. The van der Waals surface area contributed by atoms with Gasteiger partial charge in [0, 0.05) is 43.5 Å². The topological polar surface area (TPSA) is 82.6 Å². The fourth-order valence-electron chi connectivity index (χ4n) is 6.88. The number of amides is 4. The van der Waals surface area contributed by atoms with E-state index in [-0.39, 0.29) is 31.9 Å². The average molecular weight is 683 g/mol. The van der Waals surface area contributed by atoms with E-state index in [1.165, 1.54) is 37.5 Å². The molecule has 11 heteroatoms. The molecular formula is C37H38N4O5S2. The normalized spacial score (nSPS) is 19.2. The second-order valence-electron chi connectivity index (χ2n) is 12.2. The SMILES string of the molecule is COCCN1C(=O)C(=C(C=C2Sc3ccc4c(c3N2C)CCCC4)C=C2Sc3ccc4ccccc4c3N2C)C(=O)N(CCOC)C1=O. The Hall–Kier alpha value is -4.03. The highest BCUT2D eigenvalue weighted by molar-refractivity contribution is 8.04. The van der Waals surface area contributed by atoms with Crippen molar-refractivity contribution in [2.24, 2.45) is 0 Å². The number of carbonyl (C=O) groups is 3. The Morgan fingerprint density at radius 3 is 2.00 bits per heavy atom. The molecule has 3 heterocycles. The van der Waals surface area contributed by atoms with Crippen molar-refractivity contribution in [3.05, 3.63) is 93.0 Å². The van der Waals surface area contributed by atoms with E-state index in [2.05, 4.69) is 53.2 Å². The van der Waals surface area contributed by atoms with Crippen LogP contribution in [0.1, 0.15) is 24.0 Å². The van der Waals surface area contributed by atoms with Gasteiger partial charge >= 0.3 is 6.03 Å². The van der Waals surface area contributed by atoms with E-state index < -0.39 is 17.8 Å². The molecule has 7 rings (SSSR count). The largest absolute Gasteiger partial charge is 0.383 e. The first kappa shape index (κ1) is 32.5. The summed E-state index contributed by atoms with van der Waals surface area (Å²) in [4.78, 5) is 50.7. The molecule has 1 aliphatic carbocycles. The van der Waals surface area contributed by atoms with E-state index in [1.54, 1.807) is 23.5 Å². The molecule has 0 atom stereocenters. The number of anilines is 2. The predicted molar refractivity (Wildman–Crippen MR) is 191 cm³/mol. The number of methoxy groups -OCH3 is 2. The van der Waals surface area contributed by atoms with Gasteiger partial charge in [-0.1, -0.05) is 59.9 Å². The lowest BCUT2D eigenvalue weighted by atomic mass is 9.90. The molecule has 0 unspecified atom stereocenters. The van der Waals surface area contributed by atoms with Crippen molar-refractivity contribution in [1.82, 2.24) is 9.80 Å². The Balaban J connectivity index is 1.39. The minimum atomic E-state index is -0.667. The molecule has 0 aromatic heterocycles. The highest BCUT2D eigenvalue weighted by atomic mass is 32.2. The minimum Gasteiger partial charge on any atom is -0.383 e. The van der Waals surface area contributed by atoms with Crippen LogP contribution in [-0.4, -0.2) is 82.3 Å². The molecular weight excluding hydrogens is 645 g/mol. The van der Waals surface area contributed by atoms with Crippen molar-refractivity contribution in [2.75, 3.05) is 64.4 Å². The summed E-state index contributed by atoms with van der Waals surface area (Å²) < 4.78 is 10.5. The van der Waals surface area contributed by atoms with E-state index in [4.69, 9.17) is 9.47 Å². The van der Waals surface area contributed by atoms with Crippen LogP contribution in [0.25, 0.3) is 10.8 Å². The van der Waals surface area contributed by atoms with E-state index in [0.717, 1.165) is 65.4 Å². The summed E-state index contributed by atoms with van der Waals surface area (Å²) in [6, 6.07) is 16.2. The zero-order chi connectivity index (χ0) is 33.5. The second kappa shape index (κ2) is 13.5. The van der Waals surface area contributed by atoms with Gasteiger partial charge in [0.05, 0.1) is 47.7 Å². The third-order valence-corrected chi connectivity index (χ3v) is 11.7. The molecule has 3 aromatic rings. The average Bonchev–Trinajstić information content (AvgIpc) is 3.59. The Morgan fingerprint density at radius 1 is 0.750 bits per heavy atom. The lowest BCUT2D eigenvalue weighted by Gasteiger charge is -2.34. The maximum atomic E-state index is 14.2. The number of barbiturate groups is 1. The van der Waals surface area contributed by atoms with Crippen molar-refractivity contribution in [3.63, 3.8) is 0 Å². The van der Waals surface area contributed by atoms with Gasteiger partial charge < -0.3 is 19.3 Å². The zero-order valence-electron chi connectivity index (χ0n) is 27.6. The number of carbonyl (C=O) groups excluding carboxylic acids is 3. The first-order valence-corrected chi connectivity index (χ1v) is 17.8. The number of aryl methyl sites for hydroxylation is 1. The van der Waals surface area contributed by atoms with Crippen molar-refractivity contribution in [2.45, 2.75) is 35.5 Å². The highest BCUT2D eigenvalue weighted by Gasteiger charge is 2.43. The third-order valence-electron chi connectivity index (χ3n) is 9.35. The molecule has 0 N–H and O–H groups in total. The van der Waals surface area contributed by atoms with Gasteiger partial charge in [-0.15, -0.1) is 0 Å². The molecule has 0 spiro atoms. The molecule has 0 bridgehead atoms. The van der Waals surface area contributed by atoms with E-state index >= 15 is 0 Å². The summed E-state index contributed by atoms with van der Waals surface area (Å²) in [5.41, 5.74) is 5.44. The second-order valence-corrected chi connectivity index (χ2v) is 14.3. The van der Waals surface area contributed by atoms with Gasteiger partial charge in [0.2, 0.25) is 0 Å². The quantitative estimate of drug-likeness (QED) is 0.194. The van der Waals surface area contributed by atoms with Crippen molar-refractivity contribution in [1.29, 1.82) is 0 Å². The number of nitrogens with zero attached hydrogens (tertiary/aromatic N) is 4. The number of hydrogen-bond acceptors (Lipinski definition) is 9. The number of hydrogen-bond donors (Lipinski definition) is 0. The van der Waals surface area contributed by atoms with Crippen LogP contribution in [0, 0.1) is 0 Å². The van der Waals surface area contributed by atoms with Crippen molar-refractivity contribution in [3.8, 4) is 0 Å². The van der Waals surface area contributed by atoms with Gasteiger partial charge in [-0.3, -0.25) is 19.4 Å². The monoisotopic (exact) mass is 682 g/mol. The highest BCUT2D eigenvalue weighted by Crippen LogP contribution is 2.51. The summed E-state index contributed by atoms with van der Waals surface area (Å²) in [5.74, 6) is -1.26. The van der Waals surface area contributed by atoms with E-state index in [9.17, 15) is 14.4 Å². The fraction of sp³-hybridized carbons (Fsp3) is 0.324. The first-order chi connectivity index (χ1) is 23.3. The Bertz CT molecular complexity index is 1900. The molecule has 48 heavy (non-hydrogen) atoms. The van der Waals surface area contributed by atoms with E-state index in [0.29, 0.717) is 5.57 Å². The number of fused-ring (bicyclic) bond motifs is 6. The summed E-state index contributed by atoms with van der Waals surface area (Å²) in [7, 11) is 7.09. The molecule has 248 valence electrons. The lowest BCUT2D eigenvalue weighted by Crippen LogP contribution is -2.58. The summed E-state index contributed by atoms with van der Waals surface area (Å²) in [6.07, 6.45) is 8.32. The minimum absolute atomic E-state index is 0.0210. The van der Waals surface area contributed by atoms with Crippen LogP contribution in [-0.2, 0) is 31.9 Å². The van der Waals surface area contributed by atoms with Gasteiger partial charge in [0.25, 0.3) is 11.8 Å². The maximum Gasteiger partial charge on any atom is 0.334 e. The van der Waals surface area contributed by atoms with E-state index in [1.807, 2.05) is 31.3 Å². The summed E-state index contributed by atoms with van der Waals surface area (Å²) in [5, 5.41) is 4.03. The number of ether oxygens (including phenoxy) is 2. The smallest absolute Gasteiger partial charge is 0.334 e. The molecule has 1 saturated heterocycles. The van der Waals surface area contributed by atoms with Crippen LogP contribution in [0.5, 0.6) is 0 Å². The Morgan fingerprint density at radius 2 is 1.33 bits per heavy atom. The molecule has 4 aliphatic rings. The Labute approximate surface area is 289 Å². The number of benzene rings is 3. The van der Waals surface area contributed by atoms with Crippen molar-refractivity contribution < 1.29 is 23.9 Å². The summed E-state index contributed by atoms with van der Waals surface area (Å²) in [6.45, 7) is 0.337. The van der Waals surface area contributed by atoms with Crippen molar-refractivity contribution >= 4 is 63.5 Å². The van der Waals surface area contributed by atoms with Crippen LogP contribution in [0.2, 0.25) is 0 Å². The number of imide groups is 2. The number of allylic oxidation sites excluding steroid dienone is 3. The molecule has 4 amide bonds. The maximum absolute atomic E-state index is 14.2. The zero-order valence-corrected chi connectivity index (χ0v) is 29.2. The van der Waals surface area contributed by atoms with Crippen LogP contribution < -0.4 is 9.80 Å². The fourth-order valence-corrected chi connectivity index (χ4v) is 9.13. The standard InChI is InChI=1S/C37H38N4O5S2/c1-38-30(47-28-15-13-23-9-5-7-11-26(23)33(28)38)21-25(22-31-39(2)34-27-12-8-6-10-24(27)14-16-29(34)48-31)32-35(42)40(17-19-45-3)37(44)41(36(32)43)18-20-46-4/h5,7,9,11,13-16,21-22H,6,8,10,12,17-20H2,1-4H3.